The van der Waals surface area contributed by atoms with Gasteiger partial charge in [0.15, 0.2) is 11.5 Å². The molecular weight excluding hydrogens is 246 g/mol. The molecule has 1 aromatic carbocycles. The molecule has 13 heavy (non-hydrogen) atoms. The molecule has 0 amide bonds. The second-order valence-corrected chi connectivity index (χ2v) is 3.56. The molecule has 1 aliphatic heterocycles. The molecule has 0 radical (unpaired) electrons. The number of ether oxygens (including phenoxy) is 2. The Bertz CT molecular complexity index is 335. The zero-order valence-corrected chi connectivity index (χ0v) is 7.98. The third-order valence-electron chi connectivity index (χ3n) is 1.70. The van der Waals surface area contributed by atoms with Crippen LogP contribution >= 0.6 is 15.9 Å². The molecule has 0 fully saturated rings. The van der Waals surface area contributed by atoms with E-state index in [0.29, 0.717) is 11.5 Å². The Balaban J connectivity index is 2.42. The van der Waals surface area contributed by atoms with Gasteiger partial charge in [0, 0.05) is 5.56 Å². The lowest BCUT2D eigenvalue weighted by Crippen LogP contribution is -2.01. The molecule has 2 nitrogen and oxygen atoms in total. The quantitative estimate of drug-likeness (QED) is 0.714. The van der Waals surface area contributed by atoms with Crippen LogP contribution in [0.15, 0.2) is 18.2 Å². The fraction of sp³-hybridized carbons (Fsp3) is 0.250. The minimum atomic E-state index is -3.02. The first-order valence-corrected chi connectivity index (χ1v) is 4.33. The normalized spacial score (nSPS) is 14.7. The topological polar surface area (TPSA) is 18.5 Å². The molecule has 0 bridgehead atoms. The molecule has 2 rings (SSSR count). The van der Waals surface area contributed by atoms with E-state index in [4.69, 9.17) is 9.47 Å². The van der Waals surface area contributed by atoms with Crippen LogP contribution in [0, 0.1) is 0 Å². The fourth-order valence-electron chi connectivity index (χ4n) is 1.07. The molecule has 0 unspecified atom stereocenters. The van der Waals surface area contributed by atoms with E-state index in [0.717, 1.165) is 0 Å². The minimum absolute atomic E-state index is 0.0899. The van der Waals surface area contributed by atoms with Gasteiger partial charge < -0.3 is 9.47 Å². The summed E-state index contributed by atoms with van der Waals surface area (Å²) in [7, 11) is 0. The summed E-state index contributed by atoms with van der Waals surface area (Å²) in [6, 6.07) is 4.02. The highest BCUT2D eigenvalue weighted by Gasteiger charge is 2.29. The van der Waals surface area contributed by atoms with Gasteiger partial charge in [0.2, 0.25) is 6.79 Å². The fourth-order valence-corrected chi connectivity index (χ4v) is 1.32. The van der Waals surface area contributed by atoms with Crippen LogP contribution in [0.3, 0.4) is 0 Å². The van der Waals surface area contributed by atoms with Gasteiger partial charge in [0.25, 0.3) is 0 Å². The van der Waals surface area contributed by atoms with Crippen molar-refractivity contribution in [1.29, 1.82) is 0 Å². The summed E-state index contributed by atoms with van der Waals surface area (Å²) in [5.41, 5.74) is -0.142. The highest BCUT2D eigenvalue weighted by Crippen LogP contribution is 2.40. The van der Waals surface area contributed by atoms with Crippen molar-refractivity contribution in [2.45, 2.75) is 4.83 Å². The van der Waals surface area contributed by atoms with Crippen molar-refractivity contribution in [2.24, 2.45) is 0 Å². The zero-order valence-electron chi connectivity index (χ0n) is 6.39. The number of alkyl halides is 3. The molecule has 0 saturated heterocycles. The van der Waals surface area contributed by atoms with E-state index in [1.54, 1.807) is 0 Å². The Morgan fingerprint density at radius 3 is 2.62 bits per heavy atom. The van der Waals surface area contributed by atoms with E-state index >= 15 is 0 Å². The Morgan fingerprint density at radius 1 is 1.23 bits per heavy atom. The van der Waals surface area contributed by atoms with Gasteiger partial charge in [-0.25, -0.2) is 0 Å². The molecule has 70 valence electrons. The maximum Gasteiger partial charge on any atom is 0.326 e. The number of halogens is 3. The van der Waals surface area contributed by atoms with E-state index in [9.17, 15) is 8.78 Å². The summed E-state index contributed by atoms with van der Waals surface area (Å²) in [4.78, 5) is -3.02. The third-order valence-corrected chi connectivity index (χ3v) is 2.16. The summed E-state index contributed by atoms with van der Waals surface area (Å²) >= 11 is 2.27. The van der Waals surface area contributed by atoms with Gasteiger partial charge in [-0.05, 0) is 34.1 Å². The maximum atomic E-state index is 12.7. The molecule has 1 aliphatic rings. The van der Waals surface area contributed by atoms with Gasteiger partial charge in [-0.2, -0.15) is 8.78 Å². The standard InChI is InChI=1S/C8H5BrF2O2/c9-8(10,11)5-1-2-6-7(3-5)13-4-12-6/h1-3H,4H2. The van der Waals surface area contributed by atoms with E-state index in [1.165, 1.54) is 18.2 Å². The monoisotopic (exact) mass is 250 g/mol. The minimum Gasteiger partial charge on any atom is -0.454 e. The van der Waals surface area contributed by atoms with Crippen LogP contribution in [0.5, 0.6) is 11.5 Å². The molecule has 0 N–H and O–H groups in total. The SMILES string of the molecule is FC(F)(Br)c1ccc2c(c1)OCO2. The van der Waals surface area contributed by atoms with Crippen LogP contribution in [-0.2, 0) is 4.83 Å². The Hall–Kier alpha value is -0.840. The molecule has 1 heterocycles. The molecule has 0 saturated carbocycles. The molecule has 0 spiro atoms. The van der Waals surface area contributed by atoms with Crippen LogP contribution in [0.25, 0.3) is 0 Å². The lowest BCUT2D eigenvalue weighted by atomic mass is 10.2. The first-order chi connectivity index (χ1) is 6.07. The first-order valence-electron chi connectivity index (χ1n) is 3.54. The highest BCUT2D eigenvalue weighted by molar-refractivity contribution is 9.09. The van der Waals surface area contributed by atoms with Gasteiger partial charge in [-0.15, -0.1) is 0 Å². The van der Waals surface area contributed by atoms with E-state index < -0.39 is 4.83 Å². The van der Waals surface area contributed by atoms with Gasteiger partial charge >= 0.3 is 4.83 Å². The molecule has 0 atom stereocenters. The summed E-state index contributed by atoms with van der Waals surface area (Å²) in [6.07, 6.45) is 0. The summed E-state index contributed by atoms with van der Waals surface area (Å²) in [6.45, 7) is 0.0899. The Morgan fingerprint density at radius 2 is 1.92 bits per heavy atom. The molecule has 5 heteroatoms. The van der Waals surface area contributed by atoms with Crippen LogP contribution in [0.1, 0.15) is 5.56 Å². The summed E-state index contributed by atoms with van der Waals surface area (Å²) in [5.74, 6) is 0.858. The van der Waals surface area contributed by atoms with Gasteiger partial charge in [0.1, 0.15) is 0 Å². The van der Waals surface area contributed by atoms with Gasteiger partial charge in [-0.1, -0.05) is 0 Å². The first kappa shape index (κ1) is 8.74. The third kappa shape index (κ3) is 1.60. The lowest BCUT2D eigenvalue weighted by molar-refractivity contribution is 0.114. The summed E-state index contributed by atoms with van der Waals surface area (Å²) in [5, 5.41) is 0. The average Bonchev–Trinajstić information content (AvgIpc) is 2.47. The predicted octanol–water partition coefficient (Wildman–Crippen LogP) is 2.86. The van der Waals surface area contributed by atoms with E-state index in [2.05, 4.69) is 15.9 Å². The molecule has 0 aliphatic carbocycles. The predicted molar refractivity (Wildman–Crippen MR) is 45.4 cm³/mol. The van der Waals surface area contributed by atoms with Crippen molar-refractivity contribution in [3.8, 4) is 11.5 Å². The van der Waals surface area contributed by atoms with Crippen molar-refractivity contribution < 1.29 is 18.3 Å². The summed E-state index contributed by atoms with van der Waals surface area (Å²) < 4.78 is 35.4. The lowest BCUT2D eigenvalue weighted by Gasteiger charge is -2.08. The molecule has 1 aromatic rings. The Kier molecular flexibility index (Phi) is 1.91. The van der Waals surface area contributed by atoms with Gasteiger partial charge in [0.05, 0.1) is 0 Å². The smallest absolute Gasteiger partial charge is 0.326 e. The number of fused-ring (bicyclic) bond motifs is 1. The van der Waals surface area contributed by atoms with Crippen molar-refractivity contribution in [1.82, 2.24) is 0 Å². The highest BCUT2D eigenvalue weighted by atomic mass is 79.9. The van der Waals surface area contributed by atoms with Gasteiger partial charge in [-0.3, -0.25) is 0 Å². The number of rotatable bonds is 1. The van der Waals surface area contributed by atoms with Crippen LogP contribution in [0.4, 0.5) is 8.78 Å². The van der Waals surface area contributed by atoms with Crippen LogP contribution < -0.4 is 9.47 Å². The average molecular weight is 251 g/mol. The largest absolute Gasteiger partial charge is 0.454 e. The van der Waals surface area contributed by atoms with Crippen LogP contribution in [0.2, 0.25) is 0 Å². The van der Waals surface area contributed by atoms with Crippen LogP contribution in [-0.4, -0.2) is 6.79 Å². The molecular formula is C8H5BrF2O2. The Labute approximate surface area is 81.6 Å². The second-order valence-electron chi connectivity index (χ2n) is 2.57. The van der Waals surface area contributed by atoms with Crippen molar-refractivity contribution in [3.63, 3.8) is 0 Å². The second kappa shape index (κ2) is 2.83. The maximum absolute atomic E-state index is 12.7. The zero-order chi connectivity index (χ0) is 9.47. The molecule has 0 aromatic heterocycles. The van der Waals surface area contributed by atoms with Crippen molar-refractivity contribution in [3.05, 3.63) is 23.8 Å². The van der Waals surface area contributed by atoms with Crippen molar-refractivity contribution in [2.75, 3.05) is 6.79 Å². The number of hydrogen-bond donors (Lipinski definition) is 0. The van der Waals surface area contributed by atoms with Crippen molar-refractivity contribution >= 4 is 15.9 Å². The van der Waals surface area contributed by atoms with E-state index in [1.807, 2.05) is 0 Å². The number of hydrogen-bond acceptors (Lipinski definition) is 2. The number of benzene rings is 1. The van der Waals surface area contributed by atoms with E-state index in [-0.39, 0.29) is 12.4 Å².